The van der Waals surface area contributed by atoms with E-state index in [0.29, 0.717) is 5.17 Å². The third-order valence-corrected chi connectivity index (χ3v) is 4.64. The first kappa shape index (κ1) is 12.5. The standard InChI is InChI=1S/C10H16ClN2.Pb/c1-4-8(3)9-6-10(11)12-13(5-2)7-9;/h6,8H,3-5,7H2,1-2H3;. The second-order valence-corrected chi connectivity index (χ2v) is 5.41. The molecule has 1 unspecified atom stereocenters. The Hall–Kier alpha value is 0.422. The molecule has 14 heavy (non-hydrogen) atoms. The van der Waals surface area contributed by atoms with E-state index in [4.69, 9.17) is 11.6 Å². The van der Waals surface area contributed by atoms with Crippen LogP contribution in [-0.4, -0.2) is 49.0 Å². The van der Waals surface area contributed by atoms with Crippen LogP contribution in [0.15, 0.2) is 16.8 Å². The Bertz CT molecular complexity index is 247. The summed E-state index contributed by atoms with van der Waals surface area (Å²) in [7, 11) is 0. The second-order valence-electron chi connectivity index (χ2n) is 3.43. The molecule has 0 aliphatic carbocycles. The van der Waals surface area contributed by atoms with Crippen molar-refractivity contribution < 1.29 is 0 Å². The molecule has 0 N–H and O–H groups in total. The molecular weight excluding hydrogens is 391 g/mol. The predicted octanol–water partition coefficient (Wildman–Crippen LogP) is 2.41. The van der Waals surface area contributed by atoms with Gasteiger partial charge in [0, 0.05) is 0 Å². The minimum absolute atomic E-state index is 0.640. The molecule has 1 rings (SSSR count). The van der Waals surface area contributed by atoms with Gasteiger partial charge in [-0.05, 0) is 0 Å². The first-order valence-electron chi connectivity index (χ1n) is 5.05. The Morgan fingerprint density at radius 1 is 1.64 bits per heavy atom. The normalized spacial score (nSPS) is 19.0. The zero-order valence-corrected chi connectivity index (χ0v) is 13.4. The molecule has 0 amide bonds. The van der Waals surface area contributed by atoms with Crippen molar-refractivity contribution in [1.29, 1.82) is 0 Å². The van der Waals surface area contributed by atoms with E-state index in [2.05, 4.69) is 25.0 Å². The average Bonchev–Trinajstić information content (AvgIpc) is 2.19. The monoisotopic (exact) mass is 407 g/mol. The van der Waals surface area contributed by atoms with E-state index < -0.39 is 0 Å². The molecule has 0 bridgehead atoms. The molecule has 0 aromatic heterocycles. The Morgan fingerprint density at radius 2 is 2.36 bits per heavy atom. The first-order valence-corrected chi connectivity index (χ1v) is 8.18. The molecule has 0 aromatic rings. The summed E-state index contributed by atoms with van der Waals surface area (Å²) in [5, 5.41) is 6.93. The molecule has 0 saturated heterocycles. The molecule has 0 spiro atoms. The molecule has 0 aromatic carbocycles. The molecular formula is C10H16ClN2Pb. The summed E-state index contributed by atoms with van der Waals surface area (Å²) >= 11 is 7.25. The van der Waals surface area contributed by atoms with Crippen LogP contribution < -0.4 is 0 Å². The maximum atomic E-state index is 5.99. The number of hydrogen-bond donors (Lipinski definition) is 0. The van der Waals surface area contributed by atoms with Gasteiger partial charge in [0.05, 0.1) is 0 Å². The van der Waals surface area contributed by atoms with Crippen molar-refractivity contribution in [3.8, 4) is 0 Å². The average molecular weight is 407 g/mol. The fourth-order valence-electron chi connectivity index (χ4n) is 1.58. The van der Waals surface area contributed by atoms with E-state index >= 15 is 0 Å². The van der Waals surface area contributed by atoms with Gasteiger partial charge in [0.2, 0.25) is 0 Å². The van der Waals surface area contributed by atoms with Crippen LogP contribution in [0.4, 0.5) is 0 Å². The van der Waals surface area contributed by atoms with Crippen molar-refractivity contribution in [2.24, 2.45) is 11.0 Å². The second kappa shape index (κ2) is 6.10. The van der Waals surface area contributed by atoms with E-state index in [1.54, 1.807) is 0 Å². The van der Waals surface area contributed by atoms with Gasteiger partial charge < -0.3 is 0 Å². The zero-order valence-electron chi connectivity index (χ0n) is 8.76. The number of likely N-dealkylation sites (N-methyl/N-ethyl adjacent to an activating group) is 1. The fraction of sp³-hybridized carbons (Fsp3) is 0.700. The quantitative estimate of drug-likeness (QED) is 0.655. The summed E-state index contributed by atoms with van der Waals surface area (Å²) in [4.78, 5) is 0. The van der Waals surface area contributed by atoms with E-state index in [0.717, 1.165) is 19.0 Å². The Morgan fingerprint density at radius 3 is 2.86 bits per heavy atom. The molecule has 3 radical (unpaired) electrons. The van der Waals surface area contributed by atoms with Gasteiger partial charge in [-0.1, -0.05) is 0 Å². The van der Waals surface area contributed by atoms with Crippen LogP contribution in [0, 0.1) is 5.92 Å². The van der Waals surface area contributed by atoms with Crippen LogP contribution in [0.5, 0.6) is 0 Å². The van der Waals surface area contributed by atoms with Crippen LogP contribution in [0.25, 0.3) is 0 Å². The van der Waals surface area contributed by atoms with Crippen molar-refractivity contribution in [3.05, 3.63) is 11.6 Å². The summed E-state index contributed by atoms with van der Waals surface area (Å²) in [5.74, 6) is 0.722. The van der Waals surface area contributed by atoms with Crippen molar-refractivity contribution in [2.75, 3.05) is 13.1 Å². The molecule has 0 fully saturated rings. The van der Waals surface area contributed by atoms with Crippen LogP contribution in [0.3, 0.4) is 0 Å². The van der Waals surface area contributed by atoms with Gasteiger partial charge in [0.1, 0.15) is 0 Å². The third-order valence-electron chi connectivity index (χ3n) is 2.54. The van der Waals surface area contributed by atoms with Gasteiger partial charge in [0.15, 0.2) is 0 Å². The van der Waals surface area contributed by atoms with Crippen molar-refractivity contribution in [2.45, 2.75) is 24.2 Å². The summed E-state index contributed by atoms with van der Waals surface area (Å²) in [6.07, 6.45) is 3.27. The van der Waals surface area contributed by atoms with Crippen LogP contribution in [-0.2, 0) is 0 Å². The van der Waals surface area contributed by atoms with Crippen molar-refractivity contribution in [3.63, 3.8) is 0 Å². The van der Waals surface area contributed by atoms with Crippen LogP contribution in [0.1, 0.15) is 20.3 Å². The molecule has 77 valence electrons. The van der Waals surface area contributed by atoms with E-state index in [9.17, 15) is 0 Å². The summed E-state index contributed by atoms with van der Waals surface area (Å²) in [5.41, 5.74) is 1.46. The number of hydrogen-bond acceptors (Lipinski definition) is 2. The summed E-state index contributed by atoms with van der Waals surface area (Å²) < 4.78 is 1.32. The van der Waals surface area contributed by atoms with Gasteiger partial charge in [0.25, 0.3) is 0 Å². The Balaban J connectivity index is 2.74. The van der Waals surface area contributed by atoms with Crippen molar-refractivity contribution in [1.82, 2.24) is 5.01 Å². The minimum atomic E-state index is 0.640. The van der Waals surface area contributed by atoms with Crippen LogP contribution >= 0.6 is 11.6 Å². The fourth-order valence-corrected chi connectivity index (χ4v) is 3.96. The number of hydrazone groups is 1. The molecule has 1 atom stereocenters. The van der Waals surface area contributed by atoms with Gasteiger partial charge in [-0.3, -0.25) is 0 Å². The molecule has 0 saturated carbocycles. The van der Waals surface area contributed by atoms with E-state index in [-0.39, 0.29) is 0 Å². The van der Waals surface area contributed by atoms with Gasteiger partial charge in [-0.25, -0.2) is 0 Å². The topological polar surface area (TPSA) is 15.6 Å². The number of allylic oxidation sites excluding steroid dienone is 1. The molecule has 4 heteroatoms. The van der Waals surface area contributed by atoms with Gasteiger partial charge in [-0.2, -0.15) is 0 Å². The van der Waals surface area contributed by atoms with Gasteiger partial charge >= 0.3 is 108 Å². The number of halogens is 1. The first-order chi connectivity index (χ1) is 6.71. The van der Waals surface area contributed by atoms with Gasteiger partial charge in [-0.15, -0.1) is 0 Å². The molecule has 1 aliphatic rings. The Kier molecular flexibility index (Phi) is 5.45. The zero-order chi connectivity index (χ0) is 10.6. The molecule has 2 nitrogen and oxygen atoms in total. The predicted molar refractivity (Wildman–Crippen MR) is 63.0 cm³/mol. The van der Waals surface area contributed by atoms with E-state index in [1.807, 2.05) is 5.01 Å². The van der Waals surface area contributed by atoms with E-state index in [1.165, 1.54) is 41.7 Å². The maximum absolute atomic E-state index is 5.99. The summed E-state index contributed by atoms with van der Waals surface area (Å²) in [6, 6.07) is 0. The SMILES string of the molecule is CCC([CH2][Pb])C1=CC(Cl)=NN(CC)C1. The Labute approximate surface area is 107 Å². The van der Waals surface area contributed by atoms with Crippen LogP contribution in [0.2, 0.25) is 3.98 Å². The molecule has 1 aliphatic heterocycles. The summed E-state index contributed by atoms with van der Waals surface area (Å²) in [6.45, 7) is 6.26. The van der Waals surface area contributed by atoms with Crippen molar-refractivity contribution >= 4 is 42.5 Å². The third kappa shape index (κ3) is 3.22. The number of rotatable bonds is 4. The molecule has 1 heterocycles. The number of nitrogens with zero attached hydrogens (tertiary/aromatic N) is 2.